The van der Waals surface area contributed by atoms with Crippen LogP contribution in [0.25, 0.3) is 6.08 Å². The third-order valence-corrected chi connectivity index (χ3v) is 4.31. The molecule has 140 valence electrons. The molecule has 3 rings (SSSR count). The highest BCUT2D eigenvalue weighted by molar-refractivity contribution is 6.01. The molecule has 6 heteroatoms. The van der Waals surface area contributed by atoms with Crippen LogP contribution in [0.15, 0.2) is 46.4 Å². The lowest BCUT2D eigenvalue weighted by Gasteiger charge is -2.09. The molecule has 1 saturated heterocycles. The lowest BCUT2D eigenvalue weighted by atomic mass is 10.2. The normalized spacial score (nSPS) is 16.7. The molecular weight excluding hydrogens is 344 g/mol. The van der Waals surface area contributed by atoms with Crippen LogP contribution in [0.2, 0.25) is 0 Å². The summed E-state index contributed by atoms with van der Waals surface area (Å²) in [5, 5.41) is 12.0. The first-order valence-electron chi connectivity index (χ1n) is 8.94. The molecule has 6 nitrogen and oxygen atoms in total. The number of furan rings is 1. The van der Waals surface area contributed by atoms with Crippen molar-refractivity contribution in [2.24, 2.45) is 0 Å². The highest BCUT2D eigenvalue weighted by atomic mass is 16.5. The molecule has 1 aromatic carbocycles. The Bertz CT molecular complexity index is 857. The van der Waals surface area contributed by atoms with E-state index in [0.717, 1.165) is 30.8 Å². The molecule has 1 aliphatic rings. The van der Waals surface area contributed by atoms with E-state index in [4.69, 9.17) is 13.9 Å². The molecule has 1 aromatic heterocycles. The Balaban J connectivity index is 1.57. The first kappa shape index (κ1) is 18.7. The molecule has 1 N–H and O–H groups in total. The molecule has 1 atom stereocenters. The molecule has 1 aliphatic heterocycles. The lowest BCUT2D eigenvalue weighted by molar-refractivity contribution is -0.117. The van der Waals surface area contributed by atoms with E-state index in [9.17, 15) is 10.1 Å². The number of carbonyl (C=O) groups excluding carboxylic acids is 1. The van der Waals surface area contributed by atoms with Gasteiger partial charge in [-0.15, -0.1) is 0 Å². The van der Waals surface area contributed by atoms with Gasteiger partial charge in [-0.3, -0.25) is 4.79 Å². The molecular formula is C21H22N2O4. The molecule has 0 bridgehead atoms. The monoisotopic (exact) mass is 366 g/mol. The minimum atomic E-state index is -0.429. The number of hydrogen-bond acceptors (Lipinski definition) is 5. The van der Waals surface area contributed by atoms with Crippen LogP contribution in [0.1, 0.15) is 29.9 Å². The van der Waals surface area contributed by atoms with E-state index in [2.05, 4.69) is 5.32 Å². The van der Waals surface area contributed by atoms with Gasteiger partial charge < -0.3 is 19.2 Å². The molecule has 0 aliphatic carbocycles. The molecule has 1 fully saturated rings. The maximum atomic E-state index is 12.2. The van der Waals surface area contributed by atoms with Crippen LogP contribution in [0.5, 0.6) is 5.75 Å². The number of amides is 1. The van der Waals surface area contributed by atoms with E-state index in [1.807, 2.05) is 37.3 Å². The van der Waals surface area contributed by atoms with Gasteiger partial charge in [-0.25, -0.2) is 0 Å². The van der Waals surface area contributed by atoms with Crippen molar-refractivity contribution < 1.29 is 18.7 Å². The van der Waals surface area contributed by atoms with Crippen molar-refractivity contribution in [2.45, 2.75) is 32.5 Å². The number of nitrogens with one attached hydrogen (secondary N) is 1. The van der Waals surface area contributed by atoms with Crippen LogP contribution in [0.3, 0.4) is 0 Å². The van der Waals surface area contributed by atoms with Gasteiger partial charge in [0, 0.05) is 19.2 Å². The van der Waals surface area contributed by atoms with Gasteiger partial charge in [0.2, 0.25) is 0 Å². The third kappa shape index (κ3) is 5.22. The van der Waals surface area contributed by atoms with Crippen LogP contribution in [-0.4, -0.2) is 25.2 Å². The van der Waals surface area contributed by atoms with Crippen LogP contribution in [0, 0.1) is 18.3 Å². The summed E-state index contributed by atoms with van der Waals surface area (Å²) in [7, 11) is 0. The number of nitrogens with zero attached hydrogens (tertiary/aromatic N) is 1. The summed E-state index contributed by atoms with van der Waals surface area (Å²) in [5.74, 6) is 1.41. The molecule has 0 spiro atoms. The van der Waals surface area contributed by atoms with Crippen LogP contribution >= 0.6 is 0 Å². The maximum absolute atomic E-state index is 12.2. The number of rotatable bonds is 7. The Morgan fingerprint density at radius 3 is 2.96 bits per heavy atom. The number of ether oxygens (including phenoxy) is 2. The molecule has 0 radical (unpaired) electrons. The van der Waals surface area contributed by atoms with E-state index < -0.39 is 5.91 Å². The fourth-order valence-electron chi connectivity index (χ4n) is 2.81. The van der Waals surface area contributed by atoms with Crippen molar-refractivity contribution >= 4 is 12.0 Å². The van der Waals surface area contributed by atoms with Crippen molar-refractivity contribution in [2.75, 3.05) is 13.2 Å². The maximum Gasteiger partial charge on any atom is 0.262 e. The highest BCUT2D eigenvalue weighted by Crippen LogP contribution is 2.19. The standard InChI is InChI=1S/C21H22N2O4/c1-15-5-2-3-7-20(15)26-14-19-9-8-17(27-19)11-16(12-22)21(24)23-13-18-6-4-10-25-18/h2-3,5,7-9,11,18H,4,6,10,13-14H2,1H3,(H,23,24)/b16-11-. The van der Waals surface area contributed by atoms with Crippen molar-refractivity contribution in [3.8, 4) is 11.8 Å². The first-order valence-corrected chi connectivity index (χ1v) is 8.94. The molecule has 1 unspecified atom stereocenters. The predicted molar refractivity (Wildman–Crippen MR) is 99.8 cm³/mol. The quantitative estimate of drug-likeness (QED) is 0.600. The summed E-state index contributed by atoms with van der Waals surface area (Å²) in [6.45, 7) is 3.37. The molecule has 2 aromatic rings. The lowest BCUT2D eigenvalue weighted by Crippen LogP contribution is -2.32. The number of para-hydroxylation sites is 1. The summed E-state index contributed by atoms with van der Waals surface area (Å²) in [6, 6.07) is 13.1. The zero-order valence-electron chi connectivity index (χ0n) is 15.2. The van der Waals surface area contributed by atoms with Crippen LogP contribution < -0.4 is 10.1 Å². The Hall–Kier alpha value is -3.04. The molecule has 2 heterocycles. The van der Waals surface area contributed by atoms with Crippen molar-refractivity contribution in [1.29, 1.82) is 5.26 Å². The number of carbonyl (C=O) groups is 1. The van der Waals surface area contributed by atoms with Crippen molar-refractivity contribution in [3.63, 3.8) is 0 Å². The predicted octanol–water partition coefficient (Wildman–Crippen LogP) is 3.37. The zero-order chi connectivity index (χ0) is 19.1. The summed E-state index contributed by atoms with van der Waals surface area (Å²) >= 11 is 0. The number of aryl methyl sites for hydroxylation is 1. The summed E-state index contributed by atoms with van der Waals surface area (Å²) in [6.07, 6.45) is 3.39. The minimum Gasteiger partial charge on any atom is -0.485 e. The first-order chi connectivity index (χ1) is 13.2. The fourth-order valence-corrected chi connectivity index (χ4v) is 2.81. The van der Waals surface area contributed by atoms with Gasteiger partial charge in [0.15, 0.2) is 0 Å². The topological polar surface area (TPSA) is 84.5 Å². The fraction of sp³-hybridized carbons (Fsp3) is 0.333. The Morgan fingerprint density at radius 2 is 2.22 bits per heavy atom. The number of benzene rings is 1. The largest absolute Gasteiger partial charge is 0.485 e. The SMILES string of the molecule is Cc1ccccc1OCc1ccc(/C=C(/C#N)C(=O)NCC2CCCO2)o1. The van der Waals surface area contributed by atoms with Gasteiger partial charge in [0.05, 0.1) is 6.10 Å². The van der Waals surface area contributed by atoms with E-state index >= 15 is 0 Å². The van der Waals surface area contributed by atoms with Crippen LogP contribution in [-0.2, 0) is 16.1 Å². The smallest absolute Gasteiger partial charge is 0.262 e. The molecule has 27 heavy (non-hydrogen) atoms. The van der Waals surface area contributed by atoms with Crippen LogP contribution in [0.4, 0.5) is 0 Å². The second-order valence-corrected chi connectivity index (χ2v) is 6.37. The molecule has 1 amide bonds. The van der Waals surface area contributed by atoms with Crippen molar-refractivity contribution in [1.82, 2.24) is 5.32 Å². The second kappa shape index (κ2) is 9.06. The second-order valence-electron chi connectivity index (χ2n) is 6.37. The summed E-state index contributed by atoms with van der Waals surface area (Å²) in [5.41, 5.74) is 1.03. The van der Waals surface area contributed by atoms with Gasteiger partial charge in [-0.2, -0.15) is 5.26 Å². The zero-order valence-corrected chi connectivity index (χ0v) is 15.2. The van der Waals surface area contributed by atoms with E-state index in [1.54, 1.807) is 12.1 Å². The van der Waals surface area contributed by atoms with Gasteiger partial charge in [0.25, 0.3) is 5.91 Å². The minimum absolute atomic E-state index is 0.00582. The van der Waals surface area contributed by atoms with E-state index in [0.29, 0.717) is 18.1 Å². The average Bonchev–Trinajstić information content (AvgIpc) is 3.35. The Labute approximate surface area is 158 Å². The van der Waals surface area contributed by atoms with E-state index in [1.165, 1.54) is 6.08 Å². The molecule has 0 saturated carbocycles. The summed E-state index contributed by atoms with van der Waals surface area (Å²) in [4.78, 5) is 12.2. The average molecular weight is 366 g/mol. The van der Waals surface area contributed by atoms with Gasteiger partial charge in [0.1, 0.15) is 35.5 Å². The van der Waals surface area contributed by atoms with Gasteiger partial charge in [-0.1, -0.05) is 18.2 Å². The highest BCUT2D eigenvalue weighted by Gasteiger charge is 2.18. The number of nitriles is 1. The summed E-state index contributed by atoms with van der Waals surface area (Å²) < 4.78 is 16.8. The Kier molecular flexibility index (Phi) is 6.29. The van der Waals surface area contributed by atoms with Gasteiger partial charge in [-0.05, 0) is 43.5 Å². The Morgan fingerprint density at radius 1 is 1.37 bits per heavy atom. The third-order valence-electron chi connectivity index (χ3n) is 4.31. The van der Waals surface area contributed by atoms with Crippen molar-refractivity contribution in [3.05, 3.63) is 59.1 Å². The van der Waals surface area contributed by atoms with E-state index in [-0.39, 0.29) is 18.3 Å². The number of hydrogen-bond donors (Lipinski definition) is 1. The van der Waals surface area contributed by atoms with Gasteiger partial charge >= 0.3 is 0 Å².